The highest BCUT2D eigenvalue weighted by Gasteiger charge is 2.44. The van der Waals surface area contributed by atoms with Crippen LogP contribution in [0.4, 0.5) is 16.4 Å². The fraction of sp³-hybridized carbons (Fsp3) is 0.577. The van der Waals surface area contributed by atoms with Crippen molar-refractivity contribution in [3.05, 3.63) is 47.8 Å². The van der Waals surface area contributed by atoms with Gasteiger partial charge >= 0.3 is 6.03 Å². The average Bonchev–Trinajstić information content (AvgIpc) is 2.84. The van der Waals surface area contributed by atoms with Crippen molar-refractivity contribution in [3.63, 3.8) is 0 Å². The molecule has 1 aliphatic carbocycles. The van der Waals surface area contributed by atoms with Gasteiger partial charge in [-0.2, -0.15) is 0 Å². The van der Waals surface area contributed by atoms with Crippen LogP contribution in [-0.2, 0) is 15.4 Å². The Labute approximate surface area is 214 Å². The predicted molar refractivity (Wildman–Crippen MR) is 143 cm³/mol. The second-order valence-electron chi connectivity index (χ2n) is 10.8. The summed E-state index contributed by atoms with van der Waals surface area (Å²) in [5.74, 6) is 0.679. The van der Waals surface area contributed by atoms with Crippen LogP contribution in [0.1, 0.15) is 43.9 Å². The molecular weight excluding hydrogens is 476 g/mol. The standard InChI is InChI=1S/C26H38N6O3S/c1-20-22(18-28-24(29-20)31-14-16-36(34,35)17-15-31)32(23(27)33)19-25(2)10-12-26(13-11-25,30(3)4)21-8-6-5-7-9-21/h5-9,18H,10-17,19H2,1-4H3,(H2,27,33)/t25-,26-. The van der Waals surface area contributed by atoms with Gasteiger partial charge in [0.25, 0.3) is 0 Å². The Morgan fingerprint density at radius 2 is 1.69 bits per heavy atom. The Morgan fingerprint density at radius 3 is 2.22 bits per heavy atom. The Morgan fingerprint density at radius 1 is 1.08 bits per heavy atom. The van der Waals surface area contributed by atoms with Crippen molar-refractivity contribution in [1.82, 2.24) is 14.9 Å². The zero-order valence-electron chi connectivity index (χ0n) is 21.8. The number of hydrogen-bond donors (Lipinski definition) is 1. The number of aryl methyl sites for hydroxylation is 1. The summed E-state index contributed by atoms with van der Waals surface area (Å²) in [5, 5.41) is 0. The number of hydrogen-bond acceptors (Lipinski definition) is 7. The topological polar surface area (TPSA) is 113 Å². The zero-order valence-corrected chi connectivity index (χ0v) is 22.6. The number of nitrogens with two attached hydrogens (primary N) is 1. The van der Waals surface area contributed by atoms with Gasteiger partial charge < -0.3 is 10.6 Å². The molecule has 4 rings (SSSR count). The molecule has 1 aromatic carbocycles. The van der Waals surface area contributed by atoms with Crippen molar-refractivity contribution in [1.29, 1.82) is 0 Å². The number of primary amides is 1. The molecule has 2 aromatic rings. The Hall–Kier alpha value is -2.72. The van der Waals surface area contributed by atoms with Gasteiger partial charge in [-0.1, -0.05) is 37.3 Å². The zero-order chi connectivity index (χ0) is 26.1. The second kappa shape index (κ2) is 9.97. The highest BCUT2D eigenvalue weighted by Crippen LogP contribution is 2.48. The van der Waals surface area contributed by atoms with Gasteiger partial charge in [-0.05, 0) is 57.7 Å². The third kappa shape index (κ3) is 5.34. The Bertz CT molecular complexity index is 1180. The van der Waals surface area contributed by atoms with E-state index >= 15 is 0 Å². The summed E-state index contributed by atoms with van der Waals surface area (Å²) in [4.78, 5) is 27.5. The van der Waals surface area contributed by atoms with E-state index in [2.05, 4.69) is 60.2 Å². The molecule has 2 amide bonds. The van der Waals surface area contributed by atoms with E-state index in [4.69, 9.17) is 5.73 Å². The molecular formula is C26H38N6O3S. The molecule has 10 heteroatoms. The smallest absolute Gasteiger partial charge is 0.319 e. The lowest BCUT2D eigenvalue weighted by molar-refractivity contribution is 0.0459. The number of benzene rings is 1. The highest BCUT2D eigenvalue weighted by molar-refractivity contribution is 7.91. The van der Waals surface area contributed by atoms with Crippen LogP contribution in [0, 0.1) is 12.3 Å². The van der Waals surface area contributed by atoms with Gasteiger partial charge in [0.1, 0.15) is 0 Å². The lowest BCUT2D eigenvalue weighted by Gasteiger charge is -2.50. The number of sulfone groups is 1. The quantitative estimate of drug-likeness (QED) is 0.631. The van der Waals surface area contributed by atoms with E-state index in [0.29, 0.717) is 37.0 Å². The number of rotatable bonds is 6. The summed E-state index contributed by atoms with van der Waals surface area (Å²) in [7, 11) is 1.30. The largest absolute Gasteiger partial charge is 0.351 e. The van der Waals surface area contributed by atoms with Crippen LogP contribution in [0.5, 0.6) is 0 Å². The number of urea groups is 1. The fourth-order valence-corrected chi connectivity index (χ4v) is 6.81. The molecule has 2 N–H and O–H groups in total. The molecule has 0 spiro atoms. The minimum Gasteiger partial charge on any atom is -0.351 e. The van der Waals surface area contributed by atoms with Crippen molar-refractivity contribution in [2.75, 3.05) is 55.0 Å². The van der Waals surface area contributed by atoms with Gasteiger partial charge in [-0.25, -0.2) is 23.2 Å². The predicted octanol–water partition coefficient (Wildman–Crippen LogP) is 2.94. The first-order chi connectivity index (χ1) is 16.9. The first kappa shape index (κ1) is 26.3. The maximum absolute atomic E-state index is 12.6. The van der Waals surface area contributed by atoms with E-state index in [1.807, 2.05) is 17.9 Å². The summed E-state index contributed by atoms with van der Waals surface area (Å²) in [6.45, 7) is 5.30. The molecule has 0 atom stereocenters. The minimum atomic E-state index is -2.99. The summed E-state index contributed by atoms with van der Waals surface area (Å²) in [6, 6.07) is 10.1. The third-order valence-corrected chi connectivity index (χ3v) is 9.73. The van der Waals surface area contributed by atoms with Crippen LogP contribution in [0.2, 0.25) is 0 Å². The van der Waals surface area contributed by atoms with Crippen molar-refractivity contribution in [2.24, 2.45) is 11.1 Å². The monoisotopic (exact) mass is 514 g/mol. The highest BCUT2D eigenvalue weighted by atomic mass is 32.2. The normalized spacial score (nSPS) is 26.1. The minimum absolute atomic E-state index is 0.0269. The van der Waals surface area contributed by atoms with E-state index in [1.165, 1.54) is 5.56 Å². The van der Waals surface area contributed by atoms with E-state index in [1.54, 1.807) is 11.1 Å². The van der Waals surface area contributed by atoms with Crippen LogP contribution in [0.25, 0.3) is 0 Å². The number of aromatic nitrogens is 2. The molecule has 2 heterocycles. The number of nitrogens with zero attached hydrogens (tertiary/aromatic N) is 5. The van der Waals surface area contributed by atoms with Crippen molar-refractivity contribution < 1.29 is 13.2 Å². The molecule has 0 bridgehead atoms. The number of carbonyl (C=O) groups is 1. The summed E-state index contributed by atoms with van der Waals surface area (Å²) >= 11 is 0. The van der Waals surface area contributed by atoms with Gasteiger partial charge in [0.05, 0.1) is 29.1 Å². The van der Waals surface area contributed by atoms with Gasteiger partial charge in [-0.15, -0.1) is 0 Å². The van der Waals surface area contributed by atoms with Crippen LogP contribution < -0.4 is 15.5 Å². The van der Waals surface area contributed by atoms with Gasteiger partial charge in [0.2, 0.25) is 5.95 Å². The van der Waals surface area contributed by atoms with Crippen molar-refractivity contribution in [2.45, 2.75) is 45.1 Å². The summed E-state index contributed by atoms with van der Waals surface area (Å²) in [6.07, 6.45) is 5.51. The molecule has 9 nitrogen and oxygen atoms in total. The lowest BCUT2D eigenvalue weighted by Crippen LogP contribution is -2.50. The number of amides is 2. The molecule has 196 valence electrons. The van der Waals surface area contributed by atoms with E-state index < -0.39 is 15.9 Å². The first-order valence-electron chi connectivity index (χ1n) is 12.5. The fourth-order valence-electron chi connectivity index (χ4n) is 5.61. The summed E-state index contributed by atoms with van der Waals surface area (Å²) < 4.78 is 23.5. The van der Waals surface area contributed by atoms with Crippen LogP contribution in [-0.4, -0.2) is 74.6 Å². The molecule has 0 radical (unpaired) electrons. The van der Waals surface area contributed by atoms with Gasteiger partial charge in [0.15, 0.2) is 9.84 Å². The Kier molecular flexibility index (Phi) is 7.30. The molecule has 2 fully saturated rings. The first-order valence-corrected chi connectivity index (χ1v) is 14.4. The van der Waals surface area contributed by atoms with Gasteiger partial charge in [0, 0.05) is 25.2 Å². The summed E-state index contributed by atoms with van der Waals surface area (Å²) in [5.41, 5.74) is 8.32. The second-order valence-corrected chi connectivity index (χ2v) is 13.1. The van der Waals surface area contributed by atoms with Crippen LogP contribution in [0.15, 0.2) is 36.5 Å². The van der Waals surface area contributed by atoms with Crippen molar-refractivity contribution in [3.8, 4) is 0 Å². The van der Waals surface area contributed by atoms with Crippen molar-refractivity contribution >= 4 is 27.5 Å². The van der Waals surface area contributed by atoms with Crippen LogP contribution in [0.3, 0.4) is 0 Å². The molecule has 36 heavy (non-hydrogen) atoms. The average molecular weight is 515 g/mol. The third-order valence-electron chi connectivity index (χ3n) is 8.12. The maximum atomic E-state index is 12.6. The number of carbonyl (C=O) groups excluding carboxylic acids is 1. The van der Waals surface area contributed by atoms with E-state index in [0.717, 1.165) is 25.7 Å². The van der Waals surface area contributed by atoms with Gasteiger partial charge in [-0.3, -0.25) is 9.80 Å². The van der Waals surface area contributed by atoms with E-state index in [9.17, 15) is 13.2 Å². The molecule has 1 aliphatic heterocycles. The van der Waals surface area contributed by atoms with Crippen LogP contribution >= 0.6 is 0 Å². The SMILES string of the molecule is Cc1nc(N2CCS(=O)(=O)CC2)ncc1N(C[C@]1(C)CC[C@@](c2ccccc2)(N(C)C)CC1)C(N)=O. The molecule has 0 unspecified atom stereocenters. The number of anilines is 2. The molecule has 1 aromatic heterocycles. The molecule has 1 saturated heterocycles. The maximum Gasteiger partial charge on any atom is 0.319 e. The van der Waals surface area contributed by atoms with E-state index in [-0.39, 0.29) is 22.5 Å². The molecule has 2 aliphatic rings. The molecule has 1 saturated carbocycles. The Balaban J connectivity index is 1.51. The lowest BCUT2D eigenvalue weighted by atomic mass is 9.65.